The highest BCUT2D eigenvalue weighted by Crippen LogP contribution is 2.36. The molecule has 6 heteroatoms. The molecule has 0 radical (unpaired) electrons. The molecule has 1 heterocycles. The van der Waals surface area contributed by atoms with Gasteiger partial charge in [-0.2, -0.15) is 5.10 Å². The lowest BCUT2D eigenvalue weighted by Crippen LogP contribution is -2.20. The highest BCUT2D eigenvalue weighted by molar-refractivity contribution is 7.90. The molecular formula is C16H19FN2O2S. The van der Waals surface area contributed by atoms with E-state index in [9.17, 15) is 12.8 Å². The van der Waals surface area contributed by atoms with Gasteiger partial charge >= 0.3 is 0 Å². The number of aromatic nitrogens is 2. The Kier molecular flexibility index (Phi) is 4.29. The van der Waals surface area contributed by atoms with Crippen molar-refractivity contribution in [2.45, 2.75) is 36.8 Å². The molecule has 1 aliphatic carbocycles. The lowest BCUT2D eigenvalue weighted by atomic mass is 9.91. The molecule has 1 aromatic heterocycles. The van der Waals surface area contributed by atoms with Crippen LogP contribution < -0.4 is 0 Å². The molecule has 0 bridgehead atoms. The molecule has 4 nitrogen and oxygen atoms in total. The maximum absolute atomic E-state index is 12.8. The summed E-state index contributed by atoms with van der Waals surface area (Å²) >= 11 is 0. The van der Waals surface area contributed by atoms with Crippen molar-refractivity contribution >= 4 is 9.84 Å². The highest BCUT2D eigenvalue weighted by atomic mass is 32.2. The predicted molar refractivity (Wildman–Crippen MR) is 82.9 cm³/mol. The van der Waals surface area contributed by atoms with Crippen LogP contribution in [0.2, 0.25) is 0 Å². The van der Waals surface area contributed by atoms with Gasteiger partial charge in [0, 0.05) is 11.8 Å². The third-order valence-corrected chi connectivity index (χ3v) is 6.21. The Morgan fingerprint density at radius 2 is 2.14 bits per heavy atom. The summed E-state index contributed by atoms with van der Waals surface area (Å²) in [5.41, 5.74) is 2.69. The first-order valence-corrected chi connectivity index (χ1v) is 9.18. The zero-order valence-electron chi connectivity index (χ0n) is 12.3. The molecule has 0 fully saturated rings. The van der Waals surface area contributed by atoms with Gasteiger partial charge in [-0.25, -0.2) is 12.8 Å². The van der Waals surface area contributed by atoms with Crippen LogP contribution in [0, 0.1) is 0 Å². The summed E-state index contributed by atoms with van der Waals surface area (Å²) in [5, 5.41) is 3.55. The van der Waals surface area contributed by atoms with Crippen molar-refractivity contribution in [3.63, 3.8) is 0 Å². The Morgan fingerprint density at radius 1 is 1.32 bits per heavy atom. The number of fused-ring (bicyclic) bond motifs is 1. The largest absolute Gasteiger partial charge is 0.270 e. The van der Waals surface area contributed by atoms with Crippen molar-refractivity contribution < 1.29 is 12.8 Å². The van der Waals surface area contributed by atoms with E-state index in [0.717, 1.165) is 24.0 Å². The van der Waals surface area contributed by atoms with Crippen LogP contribution in [0.15, 0.2) is 36.7 Å². The van der Waals surface area contributed by atoms with Crippen molar-refractivity contribution in [3.8, 4) is 0 Å². The third kappa shape index (κ3) is 3.06. The number of nitrogens with zero attached hydrogens (tertiary/aromatic N) is 2. The molecule has 118 valence electrons. The molecule has 22 heavy (non-hydrogen) atoms. The van der Waals surface area contributed by atoms with Crippen LogP contribution in [0.3, 0.4) is 0 Å². The monoisotopic (exact) mass is 322 g/mol. The van der Waals surface area contributed by atoms with Crippen LogP contribution in [-0.4, -0.2) is 24.9 Å². The van der Waals surface area contributed by atoms with Crippen molar-refractivity contribution in [2.75, 3.05) is 6.67 Å². The molecular weight excluding hydrogens is 303 g/mol. The fourth-order valence-corrected chi connectivity index (χ4v) is 5.06. The molecule has 0 spiro atoms. The number of rotatable bonds is 5. The average Bonchev–Trinajstić information content (AvgIpc) is 2.93. The fourth-order valence-electron chi connectivity index (χ4n) is 3.11. The molecule has 0 aliphatic heterocycles. The van der Waals surface area contributed by atoms with E-state index in [4.69, 9.17) is 0 Å². The summed E-state index contributed by atoms with van der Waals surface area (Å²) in [5.74, 6) is -0.0434. The van der Waals surface area contributed by atoms with E-state index in [1.165, 1.54) is 10.9 Å². The van der Waals surface area contributed by atoms with Gasteiger partial charge in [0.25, 0.3) is 0 Å². The van der Waals surface area contributed by atoms with Gasteiger partial charge in [0.1, 0.15) is 6.67 Å². The zero-order valence-corrected chi connectivity index (χ0v) is 13.1. The predicted octanol–water partition coefficient (Wildman–Crippen LogP) is 2.85. The topological polar surface area (TPSA) is 52.0 Å². The molecule has 2 aromatic rings. The lowest BCUT2D eigenvalue weighted by Gasteiger charge is -2.25. The van der Waals surface area contributed by atoms with E-state index in [-0.39, 0.29) is 12.3 Å². The van der Waals surface area contributed by atoms with E-state index in [1.807, 2.05) is 24.3 Å². The van der Waals surface area contributed by atoms with Gasteiger partial charge in [-0.05, 0) is 30.4 Å². The normalized spacial score (nSPS) is 18.1. The van der Waals surface area contributed by atoms with Crippen molar-refractivity contribution in [2.24, 2.45) is 0 Å². The summed E-state index contributed by atoms with van der Waals surface area (Å²) in [6, 6.07) is 7.78. The van der Waals surface area contributed by atoms with Gasteiger partial charge in [-0.3, -0.25) is 4.68 Å². The van der Waals surface area contributed by atoms with E-state index < -0.39 is 21.8 Å². The third-order valence-electron chi connectivity index (χ3n) is 4.12. The second-order valence-electron chi connectivity index (χ2n) is 5.69. The SMILES string of the molecule is O=S(=O)(Cc1cnn(CCF)c1)C1CCCc2ccccc21. The second kappa shape index (κ2) is 6.20. The van der Waals surface area contributed by atoms with E-state index >= 15 is 0 Å². The molecule has 0 N–H and O–H groups in total. The van der Waals surface area contributed by atoms with E-state index in [0.29, 0.717) is 12.0 Å². The molecule has 0 saturated heterocycles. The smallest absolute Gasteiger partial charge is 0.161 e. The minimum Gasteiger partial charge on any atom is -0.270 e. The molecule has 1 aliphatic rings. The lowest BCUT2D eigenvalue weighted by molar-refractivity contribution is 0.427. The zero-order chi connectivity index (χ0) is 15.6. The first-order chi connectivity index (χ1) is 10.6. The van der Waals surface area contributed by atoms with Crippen LogP contribution in [-0.2, 0) is 28.6 Å². The standard InChI is InChI=1S/C16H19FN2O2S/c17-8-9-19-11-13(10-18-19)12-22(20,21)16-7-3-5-14-4-1-2-6-15(14)16/h1-2,4,6,10-11,16H,3,5,7-9,12H2. The maximum atomic E-state index is 12.8. The van der Waals surface area contributed by atoms with Gasteiger partial charge < -0.3 is 0 Å². The molecule has 1 atom stereocenters. The summed E-state index contributed by atoms with van der Waals surface area (Å²) in [4.78, 5) is 0. The fraction of sp³-hybridized carbons (Fsp3) is 0.438. The van der Waals surface area contributed by atoms with Gasteiger partial charge in [0.2, 0.25) is 0 Å². The van der Waals surface area contributed by atoms with Crippen molar-refractivity contribution in [1.29, 1.82) is 0 Å². The van der Waals surface area contributed by atoms with Crippen LogP contribution >= 0.6 is 0 Å². The van der Waals surface area contributed by atoms with Gasteiger partial charge in [-0.15, -0.1) is 0 Å². The molecule has 0 saturated carbocycles. The minimum absolute atomic E-state index is 0.0434. The Labute approximate surface area is 129 Å². The van der Waals surface area contributed by atoms with Crippen molar-refractivity contribution in [3.05, 3.63) is 53.3 Å². The minimum atomic E-state index is -3.30. The first kappa shape index (κ1) is 15.2. The van der Waals surface area contributed by atoms with Crippen molar-refractivity contribution in [1.82, 2.24) is 9.78 Å². The Hall–Kier alpha value is -1.69. The number of halogens is 1. The first-order valence-electron chi connectivity index (χ1n) is 7.47. The van der Waals surface area contributed by atoms with Crippen LogP contribution in [0.5, 0.6) is 0 Å². The Bertz CT molecular complexity index is 755. The Morgan fingerprint density at radius 3 is 2.95 bits per heavy atom. The van der Waals surface area contributed by atoms with Crippen LogP contribution in [0.4, 0.5) is 4.39 Å². The van der Waals surface area contributed by atoms with Crippen LogP contribution in [0.1, 0.15) is 34.8 Å². The number of sulfone groups is 1. The van der Waals surface area contributed by atoms with E-state index in [1.54, 1.807) is 6.20 Å². The maximum Gasteiger partial charge on any atom is 0.161 e. The number of hydrogen-bond acceptors (Lipinski definition) is 3. The van der Waals surface area contributed by atoms with E-state index in [2.05, 4.69) is 5.10 Å². The summed E-state index contributed by atoms with van der Waals surface area (Å²) in [6.07, 6.45) is 5.63. The number of alkyl halides is 1. The molecule has 0 amide bonds. The highest BCUT2D eigenvalue weighted by Gasteiger charge is 2.31. The van der Waals surface area contributed by atoms with Gasteiger partial charge in [-0.1, -0.05) is 24.3 Å². The summed E-state index contributed by atoms with van der Waals surface area (Å²) in [7, 11) is -3.30. The summed E-state index contributed by atoms with van der Waals surface area (Å²) in [6.45, 7) is -0.351. The van der Waals surface area contributed by atoms with Crippen LogP contribution in [0.25, 0.3) is 0 Å². The number of benzene rings is 1. The quantitative estimate of drug-likeness (QED) is 0.850. The summed E-state index contributed by atoms with van der Waals surface area (Å²) < 4.78 is 39.3. The number of aryl methyl sites for hydroxylation is 2. The Balaban J connectivity index is 1.84. The molecule has 1 unspecified atom stereocenters. The number of hydrogen-bond donors (Lipinski definition) is 0. The molecule has 3 rings (SSSR count). The average molecular weight is 322 g/mol. The van der Waals surface area contributed by atoms with Gasteiger partial charge in [0.05, 0.1) is 23.7 Å². The molecule has 1 aromatic carbocycles. The second-order valence-corrected chi connectivity index (χ2v) is 7.87. The van der Waals surface area contributed by atoms with Gasteiger partial charge in [0.15, 0.2) is 9.84 Å².